The standard InChI is InChI=1S/C19H27N5O5S3/c1-7-12(14-9-8-11(2)29-14)20-16-17(23-31(26)22-16)21-13-10-30-18(15(13)25)32(27,28)24(6)19(3,4)5/h8-10,12,25H,7H2,1-6H3,(H,20,22)(H,21,23)/t12-,31?/m1/s1. The van der Waals surface area contributed by atoms with Gasteiger partial charge < -0.3 is 24.7 Å². The molecule has 0 fully saturated rings. The Morgan fingerprint density at radius 3 is 2.53 bits per heavy atom. The summed E-state index contributed by atoms with van der Waals surface area (Å²) in [6, 6.07) is 3.46. The molecule has 0 saturated carbocycles. The molecule has 3 heterocycles. The number of nitrogens with zero attached hydrogens (tertiary/aromatic N) is 3. The molecule has 0 aliphatic rings. The van der Waals surface area contributed by atoms with Crippen molar-refractivity contribution in [3.63, 3.8) is 0 Å². The van der Waals surface area contributed by atoms with Crippen LogP contribution in [0.5, 0.6) is 5.75 Å². The monoisotopic (exact) mass is 501 g/mol. The molecule has 32 heavy (non-hydrogen) atoms. The number of hydrogen-bond acceptors (Lipinski definition) is 10. The molecule has 0 bridgehead atoms. The number of aromatic hydroxyl groups is 1. The van der Waals surface area contributed by atoms with E-state index in [1.165, 1.54) is 16.7 Å². The summed E-state index contributed by atoms with van der Waals surface area (Å²) >= 11 is -0.964. The predicted molar refractivity (Wildman–Crippen MR) is 125 cm³/mol. The lowest BCUT2D eigenvalue weighted by Crippen LogP contribution is -2.42. The van der Waals surface area contributed by atoms with Gasteiger partial charge in [-0.05, 0) is 46.2 Å². The van der Waals surface area contributed by atoms with Crippen LogP contribution in [0.25, 0.3) is 0 Å². The third-order valence-corrected chi connectivity index (χ3v) is 9.20. The molecular weight excluding hydrogens is 474 g/mol. The minimum atomic E-state index is -3.92. The van der Waals surface area contributed by atoms with Gasteiger partial charge in [-0.3, -0.25) is 0 Å². The lowest BCUT2D eigenvalue weighted by Gasteiger charge is -2.30. The summed E-state index contributed by atoms with van der Waals surface area (Å²) in [5.74, 6) is 1.39. The highest BCUT2D eigenvalue weighted by atomic mass is 32.2. The molecule has 0 aliphatic heterocycles. The largest absolute Gasteiger partial charge is 0.546 e. The molecule has 0 aromatic carbocycles. The van der Waals surface area contributed by atoms with Crippen molar-refractivity contribution in [1.82, 2.24) is 13.1 Å². The maximum atomic E-state index is 12.9. The maximum absolute atomic E-state index is 12.9. The first-order valence-electron chi connectivity index (χ1n) is 9.83. The Kier molecular flexibility index (Phi) is 6.86. The second kappa shape index (κ2) is 8.98. The van der Waals surface area contributed by atoms with Crippen LogP contribution in [0, 0.1) is 6.92 Å². The smallest absolute Gasteiger partial charge is 0.256 e. The van der Waals surface area contributed by atoms with E-state index in [0.717, 1.165) is 17.1 Å². The molecule has 0 saturated heterocycles. The van der Waals surface area contributed by atoms with Crippen LogP contribution >= 0.6 is 22.5 Å². The Balaban J connectivity index is 1.88. The molecule has 3 rings (SSSR count). The first kappa shape index (κ1) is 24.5. The van der Waals surface area contributed by atoms with Gasteiger partial charge in [0.15, 0.2) is 21.1 Å². The van der Waals surface area contributed by atoms with Crippen molar-refractivity contribution in [1.29, 1.82) is 0 Å². The number of thiophene rings is 1. The molecule has 3 aromatic rings. The Bertz CT molecular complexity index is 1190. The average molecular weight is 502 g/mol. The number of nitrogens with one attached hydrogen (secondary N) is 2. The van der Waals surface area contributed by atoms with Crippen molar-refractivity contribution in [3.05, 3.63) is 29.0 Å². The number of anilines is 3. The maximum Gasteiger partial charge on any atom is 0.256 e. The van der Waals surface area contributed by atoms with Crippen molar-refractivity contribution in [2.75, 3.05) is 17.7 Å². The summed E-state index contributed by atoms with van der Waals surface area (Å²) < 4.78 is 52.5. The van der Waals surface area contributed by atoms with Gasteiger partial charge in [-0.2, -0.15) is 4.31 Å². The van der Waals surface area contributed by atoms with Crippen molar-refractivity contribution in [2.45, 2.75) is 56.8 Å². The van der Waals surface area contributed by atoms with E-state index in [4.69, 9.17) is 4.42 Å². The number of sulfonamides is 1. The van der Waals surface area contributed by atoms with Gasteiger partial charge in [-0.15, -0.1) is 11.3 Å². The molecule has 3 N–H and O–H groups in total. The zero-order valence-electron chi connectivity index (χ0n) is 18.7. The van der Waals surface area contributed by atoms with Gasteiger partial charge in [0.2, 0.25) is 11.6 Å². The average Bonchev–Trinajstić information content (AvgIpc) is 3.38. The molecule has 0 radical (unpaired) electrons. The SMILES string of the molecule is CC[C@@H](Nc1n[s+]([O-])nc1Nc1csc(S(=O)(=O)N(C)C(C)(C)C)c1O)c1ccc(C)o1. The number of hydrogen-bond donors (Lipinski definition) is 3. The van der Waals surface area contributed by atoms with Crippen LogP contribution in [0.1, 0.15) is 51.7 Å². The van der Waals surface area contributed by atoms with Gasteiger partial charge in [0.25, 0.3) is 10.0 Å². The summed E-state index contributed by atoms with van der Waals surface area (Å²) in [6.45, 7) is 9.08. The van der Waals surface area contributed by atoms with E-state index in [0.29, 0.717) is 12.2 Å². The first-order chi connectivity index (χ1) is 14.8. The molecule has 0 aliphatic carbocycles. The molecule has 176 valence electrons. The van der Waals surface area contributed by atoms with Crippen LogP contribution in [-0.2, 0) is 10.0 Å². The van der Waals surface area contributed by atoms with Crippen molar-refractivity contribution in [3.8, 4) is 5.75 Å². The van der Waals surface area contributed by atoms with Crippen LogP contribution in [0.3, 0.4) is 0 Å². The fourth-order valence-corrected chi connectivity index (χ4v) is 6.37. The summed E-state index contributed by atoms with van der Waals surface area (Å²) in [7, 11) is -2.46. The summed E-state index contributed by atoms with van der Waals surface area (Å²) in [6.07, 6.45) is 0.664. The van der Waals surface area contributed by atoms with E-state index < -0.39 is 32.5 Å². The zero-order valence-corrected chi connectivity index (χ0v) is 21.1. The third kappa shape index (κ3) is 4.91. The molecule has 0 amide bonds. The second-order valence-electron chi connectivity index (χ2n) is 8.22. The van der Waals surface area contributed by atoms with Gasteiger partial charge in [0.05, 0.1) is 11.7 Å². The van der Waals surface area contributed by atoms with Crippen LogP contribution in [0.4, 0.5) is 17.3 Å². The van der Waals surface area contributed by atoms with E-state index in [2.05, 4.69) is 19.4 Å². The highest BCUT2D eigenvalue weighted by Gasteiger charge is 2.35. The quantitative estimate of drug-likeness (QED) is 0.377. The molecule has 13 heteroatoms. The number of rotatable bonds is 8. The fourth-order valence-electron chi connectivity index (χ4n) is 2.84. The number of aryl methyl sites for hydroxylation is 1. The van der Waals surface area contributed by atoms with Crippen molar-refractivity contribution >= 4 is 49.8 Å². The molecule has 3 aromatic heterocycles. The Labute approximate surface area is 194 Å². The van der Waals surface area contributed by atoms with Gasteiger partial charge >= 0.3 is 0 Å². The molecular formula is C19H27N5O5S3. The van der Waals surface area contributed by atoms with E-state index in [9.17, 15) is 18.1 Å². The lowest BCUT2D eigenvalue weighted by atomic mass is 10.1. The zero-order chi connectivity index (χ0) is 23.8. The van der Waals surface area contributed by atoms with Crippen LogP contribution < -0.4 is 10.6 Å². The van der Waals surface area contributed by atoms with Crippen LogP contribution in [0.15, 0.2) is 26.1 Å². The predicted octanol–water partition coefficient (Wildman–Crippen LogP) is 4.60. The van der Waals surface area contributed by atoms with E-state index in [1.54, 1.807) is 20.8 Å². The number of furan rings is 1. The summed E-state index contributed by atoms with van der Waals surface area (Å²) in [5, 5.41) is 18.1. The van der Waals surface area contributed by atoms with Crippen molar-refractivity contribution < 1.29 is 22.5 Å². The van der Waals surface area contributed by atoms with Crippen molar-refractivity contribution in [2.24, 2.45) is 0 Å². The van der Waals surface area contributed by atoms with Gasteiger partial charge in [0.1, 0.15) is 11.5 Å². The number of aromatic nitrogens is 2. The van der Waals surface area contributed by atoms with Gasteiger partial charge in [-0.25, -0.2) is 8.42 Å². The highest BCUT2D eigenvalue weighted by molar-refractivity contribution is 7.91. The lowest BCUT2D eigenvalue weighted by molar-refractivity contribution is 0.291. The van der Waals surface area contributed by atoms with Crippen LogP contribution in [0.2, 0.25) is 0 Å². The minimum Gasteiger partial charge on any atom is -0.546 e. The molecule has 1 unspecified atom stereocenters. The molecule has 0 spiro atoms. The van der Waals surface area contributed by atoms with E-state index in [1.807, 2.05) is 26.0 Å². The Morgan fingerprint density at radius 1 is 1.31 bits per heavy atom. The van der Waals surface area contributed by atoms with E-state index >= 15 is 0 Å². The third-order valence-electron chi connectivity index (χ3n) is 4.91. The van der Waals surface area contributed by atoms with E-state index in [-0.39, 0.29) is 27.6 Å². The Morgan fingerprint density at radius 2 is 1.97 bits per heavy atom. The molecule has 10 nitrogen and oxygen atoms in total. The topological polar surface area (TPSA) is 144 Å². The second-order valence-corrected chi connectivity index (χ2v) is 12.1. The van der Waals surface area contributed by atoms with Gasteiger partial charge in [-0.1, -0.05) is 6.92 Å². The molecule has 2 atom stereocenters. The Hall–Kier alpha value is -2.19. The van der Waals surface area contributed by atoms with Crippen LogP contribution in [-0.4, -0.2) is 43.7 Å². The highest BCUT2D eigenvalue weighted by Crippen LogP contribution is 2.42. The first-order valence-corrected chi connectivity index (χ1v) is 13.2. The fraction of sp³-hybridized carbons (Fsp3) is 0.474. The summed E-state index contributed by atoms with van der Waals surface area (Å²) in [5.41, 5.74) is -0.539. The normalized spacial score (nSPS) is 14.1. The minimum absolute atomic E-state index is 0.130. The summed E-state index contributed by atoms with van der Waals surface area (Å²) in [4.78, 5) is 0. The van der Waals surface area contributed by atoms with Gasteiger partial charge in [0, 0.05) is 26.7 Å².